The molecule has 1 aromatic rings. The molecule has 0 spiro atoms. The quantitative estimate of drug-likeness (QED) is 0.641. The summed E-state index contributed by atoms with van der Waals surface area (Å²) in [5.41, 5.74) is -0.313. The van der Waals surface area contributed by atoms with E-state index in [4.69, 9.17) is 26.4 Å². The number of nitrogens with one attached hydrogen (secondary N) is 1. The van der Waals surface area contributed by atoms with Crippen LogP contribution in [0.1, 0.15) is 26.5 Å². The van der Waals surface area contributed by atoms with Gasteiger partial charge in [0.05, 0.1) is 0 Å². The number of carbonyl (C=O) groups excluding carboxylic acids is 2. The van der Waals surface area contributed by atoms with E-state index < -0.39 is 30.4 Å². The normalized spacial score (nSPS) is 24.0. The van der Waals surface area contributed by atoms with Gasteiger partial charge < -0.3 is 14.2 Å². The highest BCUT2D eigenvalue weighted by atomic mass is 32.1. The van der Waals surface area contributed by atoms with E-state index in [9.17, 15) is 14.4 Å². The maximum atomic E-state index is 11.2. The van der Waals surface area contributed by atoms with Gasteiger partial charge in [0.1, 0.15) is 25.0 Å². The maximum absolute atomic E-state index is 11.2. The minimum Gasteiger partial charge on any atom is -0.463 e. The summed E-state index contributed by atoms with van der Waals surface area (Å²) in [6.07, 6.45) is 0.174. The number of aromatic nitrogens is 2. The Hall–Kier alpha value is -2.00. The van der Waals surface area contributed by atoms with Crippen LogP contribution in [0.25, 0.3) is 0 Å². The van der Waals surface area contributed by atoms with Crippen LogP contribution in [0.5, 0.6) is 0 Å². The molecule has 0 aliphatic carbocycles. The highest BCUT2D eigenvalue weighted by Crippen LogP contribution is 2.31. The number of rotatable bonds is 4. The van der Waals surface area contributed by atoms with Crippen LogP contribution < -0.4 is 5.56 Å². The third-order valence-corrected chi connectivity index (χ3v) is 3.42. The number of esters is 2. The predicted octanol–water partition coefficient (Wildman–Crippen LogP) is 0.688. The molecule has 0 saturated carbocycles. The maximum Gasteiger partial charge on any atom is 0.303 e. The lowest BCUT2D eigenvalue weighted by Crippen LogP contribution is -2.31. The van der Waals surface area contributed by atoms with E-state index in [1.165, 1.54) is 26.1 Å². The van der Waals surface area contributed by atoms with Crippen LogP contribution in [-0.2, 0) is 23.8 Å². The third kappa shape index (κ3) is 4.01. The lowest BCUT2D eigenvalue weighted by Gasteiger charge is -2.17. The molecule has 2 rings (SSSR count). The van der Waals surface area contributed by atoms with E-state index in [1.807, 2.05) is 0 Å². The van der Waals surface area contributed by atoms with Gasteiger partial charge in [-0.05, 0) is 12.2 Å². The first-order chi connectivity index (χ1) is 10.4. The van der Waals surface area contributed by atoms with E-state index in [1.54, 1.807) is 4.57 Å². The number of H-pyrrole nitrogens is 1. The molecule has 3 atom stereocenters. The first kappa shape index (κ1) is 16.4. The third-order valence-electron chi connectivity index (χ3n) is 3.11. The molecule has 1 aliphatic rings. The molecular weight excluding hydrogens is 312 g/mol. The molecule has 1 aliphatic heterocycles. The van der Waals surface area contributed by atoms with E-state index in [-0.39, 0.29) is 16.9 Å². The highest BCUT2D eigenvalue weighted by molar-refractivity contribution is 7.71. The molecule has 0 unspecified atom stereocenters. The van der Waals surface area contributed by atoms with Gasteiger partial charge in [-0.1, -0.05) is 0 Å². The van der Waals surface area contributed by atoms with Crippen molar-refractivity contribution in [3.05, 3.63) is 27.4 Å². The lowest BCUT2D eigenvalue weighted by molar-refractivity contribution is -0.155. The summed E-state index contributed by atoms with van der Waals surface area (Å²) in [6, 6.07) is 1.32. The van der Waals surface area contributed by atoms with Gasteiger partial charge in [-0.3, -0.25) is 23.9 Å². The van der Waals surface area contributed by atoms with Crippen molar-refractivity contribution in [3.63, 3.8) is 0 Å². The number of carbonyl (C=O) groups is 2. The van der Waals surface area contributed by atoms with E-state index in [0.717, 1.165) is 0 Å². The molecule has 0 radical (unpaired) electrons. The summed E-state index contributed by atoms with van der Waals surface area (Å²) < 4.78 is 17.6. The Morgan fingerprint density at radius 1 is 1.45 bits per heavy atom. The molecule has 1 N–H and O–H groups in total. The molecule has 1 saturated heterocycles. The monoisotopic (exact) mass is 328 g/mol. The lowest BCUT2D eigenvalue weighted by atomic mass is 10.2. The molecule has 8 nitrogen and oxygen atoms in total. The fourth-order valence-corrected chi connectivity index (χ4v) is 2.49. The smallest absolute Gasteiger partial charge is 0.303 e. The Morgan fingerprint density at radius 3 is 2.77 bits per heavy atom. The predicted molar refractivity (Wildman–Crippen MR) is 76.6 cm³/mol. The van der Waals surface area contributed by atoms with Crippen molar-refractivity contribution >= 4 is 24.2 Å². The topological polar surface area (TPSA) is 99.6 Å². The van der Waals surface area contributed by atoms with E-state index in [0.29, 0.717) is 6.42 Å². The summed E-state index contributed by atoms with van der Waals surface area (Å²) in [5, 5.41) is 0. The second-order valence-corrected chi connectivity index (χ2v) is 5.22. The summed E-state index contributed by atoms with van der Waals surface area (Å²) in [4.78, 5) is 35.8. The fourth-order valence-electron chi connectivity index (χ4n) is 2.21. The van der Waals surface area contributed by atoms with Crippen LogP contribution in [0.2, 0.25) is 0 Å². The molecule has 2 heterocycles. The Bertz CT molecular complexity index is 682. The van der Waals surface area contributed by atoms with Crippen LogP contribution in [0.3, 0.4) is 0 Å². The fraction of sp³-hybridized carbons (Fsp3) is 0.538. The SMILES string of the molecule is CC(=O)OC[C@H]1O[C@H](n2ccc(=O)[nH]c2=S)C[C@@H]1OC(C)=O. The Labute approximate surface area is 131 Å². The van der Waals surface area contributed by atoms with Gasteiger partial charge in [-0.15, -0.1) is 0 Å². The highest BCUT2D eigenvalue weighted by Gasteiger charge is 2.39. The number of ether oxygens (including phenoxy) is 3. The zero-order valence-electron chi connectivity index (χ0n) is 12.1. The molecular formula is C13H16N2O6S. The molecule has 1 fully saturated rings. The summed E-state index contributed by atoms with van der Waals surface area (Å²) in [7, 11) is 0. The number of aromatic amines is 1. The van der Waals surface area contributed by atoms with Crippen LogP contribution in [0.4, 0.5) is 0 Å². The van der Waals surface area contributed by atoms with Crippen molar-refractivity contribution in [3.8, 4) is 0 Å². The summed E-state index contributed by atoms with van der Waals surface area (Å²) in [5.74, 6) is -0.901. The van der Waals surface area contributed by atoms with Crippen LogP contribution in [0, 0.1) is 4.77 Å². The van der Waals surface area contributed by atoms with Gasteiger partial charge in [0.15, 0.2) is 4.77 Å². The zero-order valence-corrected chi connectivity index (χ0v) is 12.9. The van der Waals surface area contributed by atoms with Gasteiger partial charge in [0, 0.05) is 32.5 Å². The second kappa shape index (κ2) is 6.84. The second-order valence-electron chi connectivity index (χ2n) is 4.83. The Kier molecular flexibility index (Phi) is 5.09. The van der Waals surface area contributed by atoms with Crippen molar-refractivity contribution in [1.29, 1.82) is 0 Å². The molecule has 22 heavy (non-hydrogen) atoms. The minimum absolute atomic E-state index is 0.0273. The number of nitrogens with zero attached hydrogens (tertiary/aromatic N) is 1. The molecule has 0 aromatic carbocycles. The van der Waals surface area contributed by atoms with Crippen LogP contribution in [0.15, 0.2) is 17.1 Å². The van der Waals surface area contributed by atoms with Crippen molar-refractivity contribution in [2.75, 3.05) is 6.61 Å². The largest absolute Gasteiger partial charge is 0.463 e. The molecule has 120 valence electrons. The number of hydrogen-bond acceptors (Lipinski definition) is 7. The van der Waals surface area contributed by atoms with Crippen molar-refractivity contribution < 1.29 is 23.8 Å². The first-order valence-electron chi connectivity index (χ1n) is 6.64. The summed E-state index contributed by atoms with van der Waals surface area (Å²) in [6.45, 7) is 2.55. The number of hydrogen-bond donors (Lipinski definition) is 1. The molecule has 0 bridgehead atoms. The Morgan fingerprint density at radius 2 is 2.18 bits per heavy atom. The molecule has 9 heteroatoms. The van der Waals surface area contributed by atoms with Gasteiger partial charge >= 0.3 is 11.9 Å². The zero-order chi connectivity index (χ0) is 16.3. The molecule has 0 amide bonds. The van der Waals surface area contributed by atoms with Gasteiger partial charge in [-0.25, -0.2) is 0 Å². The van der Waals surface area contributed by atoms with Crippen molar-refractivity contribution in [2.45, 2.75) is 38.7 Å². The van der Waals surface area contributed by atoms with Crippen molar-refractivity contribution in [1.82, 2.24) is 9.55 Å². The van der Waals surface area contributed by atoms with Crippen LogP contribution in [-0.4, -0.2) is 40.3 Å². The van der Waals surface area contributed by atoms with Gasteiger partial charge in [-0.2, -0.15) is 0 Å². The average Bonchev–Trinajstić information content (AvgIpc) is 2.78. The molecule has 1 aromatic heterocycles. The van der Waals surface area contributed by atoms with E-state index >= 15 is 0 Å². The minimum atomic E-state index is -0.591. The van der Waals surface area contributed by atoms with E-state index in [2.05, 4.69) is 4.98 Å². The standard InChI is InChI=1S/C13H16N2O6S/c1-7(16)19-6-10-9(20-8(2)17)5-12(21-10)15-4-3-11(18)14-13(15)22/h3-4,9-10,12H,5-6H2,1-2H3,(H,14,18,22)/t9-,10+,12-/m0/s1. The van der Waals surface area contributed by atoms with Crippen LogP contribution >= 0.6 is 12.2 Å². The van der Waals surface area contributed by atoms with Crippen molar-refractivity contribution in [2.24, 2.45) is 0 Å². The Balaban J connectivity index is 2.17. The summed E-state index contributed by atoms with van der Waals surface area (Å²) >= 11 is 5.08. The van der Waals surface area contributed by atoms with Gasteiger partial charge in [0.2, 0.25) is 0 Å². The van der Waals surface area contributed by atoms with Gasteiger partial charge in [0.25, 0.3) is 5.56 Å². The average molecular weight is 328 g/mol. The first-order valence-corrected chi connectivity index (χ1v) is 7.05.